The molecule has 2 rings (SSSR count). The Labute approximate surface area is 121 Å². The van der Waals surface area contributed by atoms with Gasteiger partial charge in [-0.3, -0.25) is 4.79 Å². The van der Waals surface area contributed by atoms with E-state index in [4.69, 9.17) is 0 Å². The lowest BCUT2D eigenvalue weighted by Gasteiger charge is -2.31. The summed E-state index contributed by atoms with van der Waals surface area (Å²) in [5, 5.41) is 6.14. The second-order valence-corrected chi connectivity index (χ2v) is 5.38. The fraction of sp³-hybridized carbons (Fsp3) is 0.562. The number of carbonyl (C=O) groups is 1. The molecule has 1 aromatic carbocycles. The zero-order valence-electron chi connectivity index (χ0n) is 12.5. The normalized spacial score (nSPS) is 16.9. The molecule has 20 heavy (non-hydrogen) atoms. The highest BCUT2D eigenvalue weighted by Crippen LogP contribution is 2.17. The first-order chi connectivity index (χ1) is 9.74. The summed E-state index contributed by atoms with van der Waals surface area (Å²) in [7, 11) is 1.84. The first-order valence-corrected chi connectivity index (χ1v) is 7.52. The van der Waals surface area contributed by atoms with E-state index < -0.39 is 0 Å². The van der Waals surface area contributed by atoms with Gasteiger partial charge in [-0.2, -0.15) is 0 Å². The molecule has 0 aromatic heterocycles. The lowest BCUT2D eigenvalue weighted by molar-refractivity contribution is 0.0937. The third-order valence-corrected chi connectivity index (χ3v) is 4.15. The van der Waals surface area contributed by atoms with Gasteiger partial charge in [0.1, 0.15) is 0 Å². The number of rotatable bonds is 5. The zero-order valence-corrected chi connectivity index (χ0v) is 12.5. The van der Waals surface area contributed by atoms with Gasteiger partial charge in [-0.25, -0.2) is 0 Å². The van der Waals surface area contributed by atoms with Gasteiger partial charge in [-0.05, 0) is 50.5 Å². The van der Waals surface area contributed by atoms with E-state index in [0.29, 0.717) is 5.92 Å². The summed E-state index contributed by atoms with van der Waals surface area (Å²) in [6, 6.07) is 7.62. The predicted molar refractivity (Wildman–Crippen MR) is 83.2 cm³/mol. The van der Waals surface area contributed by atoms with E-state index in [0.717, 1.165) is 37.4 Å². The fourth-order valence-corrected chi connectivity index (χ4v) is 2.74. The molecule has 2 N–H and O–H groups in total. The standard InChI is InChI=1S/C16H25N3O/c1-3-19-10-8-13(9-11-19)12-18-16(20)14-6-4-5-7-15(14)17-2/h4-7,13,17H,3,8-12H2,1-2H3,(H,18,20). The van der Waals surface area contributed by atoms with Crippen LogP contribution in [0, 0.1) is 5.92 Å². The van der Waals surface area contributed by atoms with E-state index in [2.05, 4.69) is 22.5 Å². The molecule has 0 saturated carbocycles. The van der Waals surface area contributed by atoms with Crippen molar-refractivity contribution in [3.05, 3.63) is 29.8 Å². The van der Waals surface area contributed by atoms with Crippen LogP contribution in [-0.4, -0.2) is 44.0 Å². The second kappa shape index (κ2) is 7.29. The van der Waals surface area contributed by atoms with E-state index in [9.17, 15) is 4.79 Å². The minimum Gasteiger partial charge on any atom is -0.387 e. The Morgan fingerprint density at radius 1 is 1.30 bits per heavy atom. The Hall–Kier alpha value is -1.55. The highest BCUT2D eigenvalue weighted by molar-refractivity contribution is 5.99. The smallest absolute Gasteiger partial charge is 0.253 e. The molecular formula is C16H25N3O. The van der Waals surface area contributed by atoms with Crippen LogP contribution in [0.4, 0.5) is 5.69 Å². The van der Waals surface area contributed by atoms with Crippen molar-refractivity contribution in [1.29, 1.82) is 0 Å². The van der Waals surface area contributed by atoms with Crippen molar-refractivity contribution in [3.63, 3.8) is 0 Å². The van der Waals surface area contributed by atoms with Crippen molar-refractivity contribution >= 4 is 11.6 Å². The van der Waals surface area contributed by atoms with Gasteiger partial charge in [0.15, 0.2) is 0 Å². The van der Waals surface area contributed by atoms with Crippen LogP contribution in [0.3, 0.4) is 0 Å². The van der Waals surface area contributed by atoms with Crippen LogP contribution >= 0.6 is 0 Å². The van der Waals surface area contributed by atoms with Crippen molar-refractivity contribution in [2.45, 2.75) is 19.8 Å². The average Bonchev–Trinajstić information content (AvgIpc) is 2.53. The summed E-state index contributed by atoms with van der Waals surface area (Å²) in [4.78, 5) is 14.7. The molecule has 1 fully saturated rings. The molecule has 1 aliphatic heterocycles. The number of nitrogens with zero attached hydrogens (tertiary/aromatic N) is 1. The van der Waals surface area contributed by atoms with Gasteiger partial charge in [-0.1, -0.05) is 19.1 Å². The van der Waals surface area contributed by atoms with Gasteiger partial charge in [0.25, 0.3) is 5.91 Å². The van der Waals surface area contributed by atoms with Gasteiger partial charge >= 0.3 is 0 Å². The lowest BCUT2D eigenvalue weighted by Crippen LogP contribution is -2.38. The second-order valence-electron chi connectivity index (χ2n) is 5.38. The highest BCUT2D eigenvalue weighted by Gasteiger charge is 2.19. The van der Waals surface area contributed by atoms with Gasteiger partial charge in [-0.15, -0.1) is 0 Å². The molecule has 1 aromatic rings. The molecule has 0 radical (unpaired) electrons. The van der Waals surface area contributed by atoms with Crippen molar-refractivity contribution in [2.75, 3.05) is 38.5 Å². The van der Waals surface area contributed by atoms with Crippen LogP contribution in [0.5, 0.6) is 0 Å². The first-order valence-electron chi connectivity index (χ1n) is 7.52. The van der Waals surface area contributed by atoms with E-state index in [1.165, 1.54) is 12.8 Å². The van der Waals surface area contributed by atoms with Crippen LogP contribution < -0.4 is 10.6 Å². The van der Waals surface area contributed by atoms with Crippen molar-refractivity contribution < 1.29 is 4.79 Å². The fourth-order valence-electron chi connectivity index (χ4n) is 2.74. The van der Waals surface area contributed by atoms with E-state index >= 15 is 0 Å². The van der Waals surface area contributed by atoms with Crippen LogP contribution in [0.15, 0.2) is 24.3 Å². The third kappa shape index (κ3) is 3.73. The van der Waals surface area contributed by atoms with Crippen LogP contribution in [0.2, 0.25) is 0 Å². The molecule has 0 atom stereocenters. The van der Waals surface area contributed by atoms with Gasteiger partial charge in [0.2, 0.25) is 0 Å². The summed E-state index contributed by atoms with van der Waals surface area (Å²) in [6.45, 7) is 6.44. The number of amides is 1. The van der Waals surface area contributed by atoms with Crippen molar-refractivity contribution in [1.82, 2.24) is 10.2 Å². The third-order valence-electron chi connectivity index (χ3n) is 4.15. The largest absolute Gasteiger partial charge is 0.387 e. The SMILES string of the molecule is CCN1CCC(CNC(=O)c2ccccc2NC)CC1. The maximum atomic E-state index is 12.2. The molecule has 1 aliphatic rings. The molecule has 110 valence electrons. The highest BCUT2D eigenvalue weighted by atomic mass is 16.1. The van der Waals surface area contributed by atoms with Gasteiger partial charge in [0, 0.05) is 19.3 Å². The number of benzene rings is 1. The maximum Gasteiger partial charge on any atom is 0.253 e. The first kappa shape index (κ1) is 14.9. The average molecular weight is 275 g/mol. The quantitative estimate of drug-likeness (QED) is 0.866. The summed E-state index contributed by atoms with van der Waals surface area (Å²) in [5.41, 5.74) is 1.60. The molecule has 0 aliphatic carbocycles. The van der Waals surface area contributed by atoms with E-state index in [1.54, 1.807) is 0 Å². The Balaban J connectivity index is 1.83. The van der Waals surface area contributed by atoms with Crippen LogP contribution in [0.25, 0.3) is 0 Å². The van der Waals surface area contributed by atoms with Crippen molar-refractivity contribution in [2.24, 2.45) is 5.92 Å². The van der Waals surface area contributed by atoms with Crippen LogP contribution in [0.1, 0.15) is 30.1 Å². The molecule has 1 heterocycles. The summed E-state index contributed by atoms with van der Waals surface area (Å²) >= 11 is 0. The number of likely N-dealkylation sites (tertiary alicyclic amines) is 1. The summed E-state index contributed by atoms with van der Waals surface area (Å²) in [6.07, 6.45) is 2.36. The number of anilines is 1. The van der Waals surface area contributed by atoms with Crippen LogP contribution in [-0.2, 0) is 0 Å². The molecule has 4 nitrogen and oxygen atoms in total. The number of hydrogen-bond donors (Lipinski definition) is 2. The Kier molecular flexibility index (Phi) is 5.41. The molecule has 0 unspecified atom stereocenters. The van der Waals surface area contributed by atoms with E-state index in [-0.39, 0.29) is 5.91 Å². The van der Waals surface area contributed by atoms with E-state index in [1.807, 2.05) is 31.3 Å². The Morgan fingerprint density at radius 3 is 2.65 bits per heavy atom. The minimum atomic E-state index is 0.0212. The topological polar surface area (TPSA) is 44.4 Å². The lowest BCUT2D eigenvalue weighted by atomic mass is 9.96. The molecular weight excluding hydrogens is 250 g/mol. The van der Waals surface area contributed by atoms with Crippen molar-refractivity contribution in [3.8, 4) is 0 Å². The monoisotopic (exact) mass is 275 g/mol. The molecule has 1 amide bonds. The number of hydrogen-bond acceptors (Lipinski definition) is 3. The number of piperidine rings is 1. The maximum absolute atomic E-state index is 12.2. The Bertz CT molecular complexity index is 439. The predicted octanol–water partition coefficient (Wildman–Crippen LogP) is 2.19. The number of carbonyl (C=O) groups excluding carboxylic acids is 1. The number of nitrogens with one attached hydrogen (secondary N) is 2. The molecule has 0 bridgehead atoms. The summed E-state index contributed by atoms with van der Waals surface area (Å²) < 4.78 is 0. The Morgan fingerprint density at radius 2 is 2.00 bits per heavy atom. The van der Waals surface area contributed by atoms with Gasteiger partial charge in [0.05, 0.1) is 5.56 Å². The zero-order chi connectivity index (χ0) is 14.4. The molecule has 4 heteroatoms. The van der Waals surface area contributed by atoms with Gasteiger partial charge < -0.3 is 15.5 Å². The molecule has 0 spiro atoms. The number of para-hydroxylation sites is 1. The minimum absolute atomic E-state index is 0.0212. The molecule has 1 saturated heterocycles. The summed E-state index contributed by atoms with van der Waals surface area (Å²) in [5.74, 6) is 0.636.